The molecular formula is C10H11F2NO3. The third-order valence-corrected chi connectivity index (χ3v) is 1.91. The summed E-state index contributed by atoms with van der Waals surface area (Å²) in [5.41, 5.74) is 0.456. The average molecular weight is 231 g/mol. The summed E-state index contributed by atoms with van der Waals surface area (Å²) in [6.07, 6.45) is 0. The van der Waals surface area contributed by atoms with Crippen LogP contribution < -0.4 is 5.32 Å². The van der Waals surface area contributed by atoms with E-state index in [2.05, 4.69) is 5.32 Å². The van der Waals surface area contributed by atoms with Crippen LogP contribution in [0.5, 0.6) is 0 Å². The van der Waals surface area contributed by atoms with Gasteiger partial charge >= 0.3 is 5.97 Å². The van der Waals surface area contributed by atoms with Crippen LogP contribution in [0.4, 0.5) is 14.5 Å². The lowest BCUT2D eigenvalue weighted by Gasteiger charge is -2.14. The number of aromatic carboxylic acids is 1. The fourth-order valence-corrected chi connectivity index (χ4v) is 1.02. The smallest absolute Gasteiger partial charge is 0.335 e. The molecule has 1 aromatic carbocycles. The summed E-state index contributed by atoms with van der Waals surface area (Å²) in [7, 11) is 0. The normalized spacial score (nSPS) is 11.2. The van der Waals surface area contributed by atoms with Crippen LogP contribution in [0.15, 0.2) is 24.3 Å². The molecule has 0 amide bonds. The minimum Gasteiger partial charge on any atom is -0.478 e. The van der Waals surface area contributed by atoms with Gasteiger partial charge in [-0.1, -0.05) is 0 Å². The van der Waals surface area contributed by atoms with E-state index in [0.29, 0.717) is 5.69 Å². The number of nitrogens with one attached hydrogen (secondary N) is 1. The minimum absolute atomic E-state index is 0.0828. The van der Waals surface area contributed by atoms with Crippen LogP contribution in [0.3, 0.4) is 0 Å². The maximum absolute atomic E-state index is 12.6. The number of carboxylic acid groups (broad SMARTS) is 1. The van der Waals surface area contributed by atoms with Gasteiger partial charge in [-0.05, 0) is 24.3 Å². The van der Waals surface area contributed by atoms with E-state index >= 15 is 0 Å². The molecule has 0 saturated carbocycles. The molecule has 0 aliphatic heterocycles. The van der Waals surface area contributed by atoms with Gasteiger partial charge in [-0.3, -0.25) is 0 Å². The first-order valence-electron chi connectivity index (χ1n) is 4.50. The summed E-state index contributed by atoms with van der Waals surface area (Å²) in [4.78, 5) is 10.5. The monoisotopic (exact) mass is 231 g/mol. The summed E-state index contributed by atoms with van der Waals surface area (Å²) in [6.45, 7) is -1.93. The van der Waals surface area contributed by atoms with Crippen LogP contribution in [0, 0.1) is 0 Å². The Kier molecular flexibility index (Phi) is 3.78. The predicted octanol–water partition coefficient (Wildman–Crippen LogP) is 1.42. The molecule has 0 aliphatic rings. The molecule has 0 heterocycles. The molecule has 0 saturated heterocycles. The fourth-order valence-electron chi connectivity index (χ4n) is 1.02. The van der Waals surface area contributed by atoms with Crippen molar-refractivity contribution in [2.75, 3.05) is 18.5 Å². The summed E-state index contributed by atoms with van der Waals surface area (Å²) < 4.78 is 25.3. The first kappa shape index (κ1) is 12.4. The lowest BCUT2D eigenvalue weighted by atomic mass is 10.2. The van der Waals surface area contributed by atoms with Crippen molar-refractivity contribution >= 4 is 11.7 Å². The van der Waals surface area contributed by atoms with Crippen molar-refractivity contribution in [3.63, 3.8) is 0 Å². The van der Waals surface area contributed by atoms with Gasteiger partial charge in [0.2, 0.25) is 0 Å². The lowest BCUT2D eigenvalue weighted by Crippen LogP contribution is -2.30. The lowest BCUT2D eigenvalue weighted by molar-refractivity contribution is -0.0372. The second-order valence-electron chi connectivity index (χ2n) is 3.25. The van der Waals surface area contributed by atoms with Gasteiger partial charge in [0.1, 0.15) is 6.61 Å². The van der Waals surface area contributed by atoms with Crippen LogP contribution in [-0.2, 0) is 0 Å². The summed E-state index contributed by atoms with van der Waals surface area (Å²) in [6, 6.07) is 5.39. The summed E-state index contributed by atoms with van der Waals surface area (Å²) in [5, 5.41) is 19.3. The highest BCUT2D eigenvalue weighted by atomic mass is 19.3. The van der Waals surface area contributed by atoms with E-state index in [0.717, 1.165) is 0 Å². The fraction of sp³-hybridized carbons (Fsp3) is 0.300. The molecule has 0 aromatic heterocycles. The topological polar surface area (TPSA) is 69.6 Å². The molecule has 1 rings (SSSR count). The molecule has 0 spiro atoms. The van der Waals surface area contributed by atoms with Crippen molar-refractivity contribution in [2.24, 2.45) is 0 Å². The number of carboxylic acids is 1. The zero-order valence-electron chi connectivity index (χ0n) is 8.28. The third kappa shape index (κ3) is 3.47. The number of anilines is 1. The van der Waals surface area contributed by atoms with E-state index in [1.165, 1.54) is 24.3 Å². The summed E-state index contributed by atoms with van der Waals surface area (Å²) >= 11 is 0. The van der Waals surface area contributed by atoms with Gasteiger partial charge in [0.25, 0.3) is 5.92 Å². The number of halogens is 2. The highest BCUT2D eigenvalue weighted by molar-refractivity contribution is 5.87. The van der Waals surface area contributed by atoms with Crippen LogP contribution >= 0.6 is 0 Å². The number of hydrogen-bond acceptors (Lipinski definition) is 3. The Bertz CT molecular complexity index is 365. The van der Waals surface area contributed by atoms with Gasteiger partial charge in [-0.25, -0.2) is 13.6 Å². The molecule has 0 aliphatic carbocycles. The Hall–Kier alpha value is -1.69. The summed E-state index contributed by atoms with van der Waals surface area (Å²) in [5.74, 6) is -4.27. The highest BCUT2D eigenvalue weighted by Gasteiger charge is 2.27. The Labute approximate surface area is 90.5 Å². The first-order valence-corrected chi connectivity index (χ1v) is 4.50. The van der Waals surface area contributed by atoms with Crippen molar-refractivity contribution < 1.29 is 23.8 Å². The van der Waals surface area contributed by atoms with Gasteiger partial charge < -0.3 is 15.5 Å². The maximum atomic E-state index is 12.6. The second kappa shape index (κ2) is 4.89. The van der Waals surface area contributed by atoms with Crippen molar-refractivity contribution in [3.05, 3.63) is 29.8 Å². The Balaban J connectivity index is 2.59. The molecule has 0 radical (unpaired) electrons. The molecule has 4 nitrogen and oxygen atoms in total. The molecule has 3 N–H and O–H groups in total. The van der Waals surface area contributed by atoms with Crippen LogP contribution in [0.2, 0.25) is 0 Å². The molecule has 0 bridgehead atoms. The molecule has 1 aromatic rings. The van der Waals surface area contributed by atoms with Crippen molar-refractivity contribution in [1.29, 1.82) is 0 Å². The largest absolute Gasteiger partial charge is 0.478 e. The van der Waals surface area contributed by atoms with E-state index < -0.39 is 25.0 Å². The predicted molar refractivity (Wildman–Crippen MR) is 53.9 cm³/mol. The molecule has 0 unspecified atom stereocenters. The zero-order chi connectivity index (χ0) is 12.2. The molecule has 0 fully saturated rings. The Morgan fingerprint density at radius 3 is 2.31 bits per heavy atom. The molecule has 6 heteroatoms. The number of aliphatic hydroxyl groups excluding tert-OH is 1. The first-order chi connectivity index (χ1) is 7.44. The van der Waals surface area contributed by atoms with E-state index in [1.807, 2.05) is 0 Å². The van der Waals surface area contributed by atoms with Gasteiger partial charge in [0, 0.05) is 5.69 Å². The Morgan fingerprint density at radius 1 is 1.31 bits per heavy atom. The second-order valence-corrected chi connectivity index (χ2v) is 3.25. The van der Waals surface area contributed by atoms with E-state index in [1.54, 1.807) is 0 Å². The minimum atomic E-state index is -3.19. The number of rotatable bonds is 5. The van der Waals surface area contributed by atoms with Crippen molar-refractivity contribution in [2.45, 2.75) is 5.92 Å². The number of alkyl halides is 2. The van der Waals surface area contributed by atoms with E-state index in [9.17, 15) is 13.6 Å². The van der Waals surface area contributed by atoms with Crippen molar-refractivity contribution in [3.8, 4) is 0 Å². The van der Waals surface area contributed by atoms with Crippen molar-refractivity contribution in [1.82, 2.24) is 0 Å². The average Bonchev–Trinajstić information content (AvgIpc) is 2.27. The van der Waals surface area contributed by atoms with Gasteiger partial charge in [-0.2, -0.15) is 0 Å². The van der Waals surface area contributed by atoms with Crippen LogP contribution in [0.25, 0.3) is 0 Å². The highest BCUT2D eigenvalue weighted by Crippen LogP contribution is 2.15. The molecular weight excluding hydrogens is 220 g/mol. The standard InChI is InChI=1S/C10H11F2NO3/c11-10(12,6-14)5-13-8-3-1-7(2-4-8)9(15)16/h1-4,13-14H,5-6H2,(H,15,16). The van der Waals surface area contributed by atoms with Crippen LogP contribution in [0.1, 0.15) is 10.4 Å². The van der Waals surface area contributed by atoms with Gasteiger partial charge in [0.05, 0.1) is 12.1 Å². The quantitative estimate of drug-likeness (QED) is 0.716. The number of carbonyl (C=O) groups is 1. The van der Waals surface area contributed by atoms with Gasteiger partial charge in [0.15, 0.2) is 0 Å². The SMILES string of the molecule is O=C(O)c1ccc(NCC(F)(F)CO)cc1. The molecule has 16 heavy (non-hydrogen) atoms. The molecule has 88 valence electrons. The van der Waals surface area contributed by atoms with E-state index in [4.69, 9.17) is 10.2 Å². The number of benzene rings is 1. The van der Waals surface area contributed by atoms with Gasteiger partial charge in [-0.15, -0.1) is 0 Å². The Morgan fingerprint density at radius 2 is 1.88 bits per heavy atom. The van der Waals surface area contributed by atoms with Crippen LogP contribution in [-0.4, -0.2) is 35.3 Å². The zero-order valence-corrected chi connectivity index (χ0v) is 8.28. The number of hydrogen-bond donors (Lipinski definition) is 3. The van der Waals surface area contributed by atoms with E-state index in [-0.39, 0.29) is 5.56 Å². The maximum Gasteiger partial charge on any atom is 0.335 e. The number of aliphatic hydroxyl groups is 1. The third-order valence-electron chi connectivity index (χ3n) is 1.91. The molecule has 0 atom stereocenters.